The Hall–Kier alpha value is -1.13. The molecule has 1 aromatic rings. The van der Waals surface area contributed by atoms with Crippen molar-refractivity contribution in [3.63, 3.8) is 0 Å². The molecule has 1 fully saturated rings. The molecule has 1 aliphatic heterocycles. The molecule has 1 saturated heterocycles. The summed E-state index contributed by atoms with van der Waals surface area (Å²) in [5.74, 6) is -0.775. The Morgan fingerprint density at radius 2 is 2.28 bits per heavy atom. The van der Waals surface area contributed by atoms with Crippen LogP contribution in [0.3, 0.4) is 0 Å². The van der Waals surface area contributed by atoms with E-state index in [1.54, 1.807) is 13.0 Å². The molecule has 100 valence electrons. The highest BCUT2D eigenvalue weighted by Crippen LogP contribution is 2.11. The maximum Gasteiger partial charge on any atom is 0.254 e. The van der Waals surface area contributed by atoms with E-state index in [1.165, 1.54) is 12.1 Å². The molecule has 5 heteroatoms. The van der Waals surface area contributed by atoms with Gasteiger partial charge in [0.1, 0.15) is 5.82 Å². The first kappa shape index (κ1) is 14.9. The van der Waals surface area contributed by atoms with E-state index < -0.39 is 5.82 Å². The number of hydrogen-bond donors (Lipinski definition) is 2. The van der Waals surface area contributed by atoms with Crippen LogP contribution in [0, 0.1) is 12.7 Å². The maximum atomic E-state index is 13.6. The van der Waals surface area contributed by atoms with Crippen molar-refractivity contribution in [3.8, 4) is 0 Å². The molecule has 1 heterocycles. The molecule has 2 N–H and O–H groups in total. The van der Waals surface area contributed by atoms with Crippen LogP contribution in [-0.2, 0) is 0 Å². The molecule has 1 aliphatic rings. The summed E-state index contributed by atoms with van der Waals surface area (Å²) in [6.45, 7) is 3.56. The predicted octanol–water partition coefficient (Wildman–Crippen LogP) is 2.04. The smallest absolute Gasteiger partial charge is 0.254 e. The molecule has 0 spiro atoms. The lowest BCUT2D eigenvalue weighted by Crippen LogP contribution is -2.45. The van der Waals surface area contributed by atoms with E-state index in [0.717, 1.165) is 31.5 Å². The number of carbonyl (C=O) groups excluding carboxylic acids is 1. The zero-order chi connectivity index (χ0) is 12.3. The van der Waals surface area contributed by atoms with E-state index in [1.807, 2.05) is 0 Å². The molecule has 0 aromatic heterocycles. The second-order valence-electron chi connectivity index (χ2n) is 4.50. The third-order valence-corrected chi connectivity index (χ3v) is 3.00. The molecular formula is C13H18ClFN2O. The van der Waals surface area contributed by atoms with Crippen molar-refractivity contribution in [3.05, 3.63) is 35.1 Å². The molecular weight excluding hydrogens is 255 g/mol. The van der Waals surface area contributed by atoms with Gasteiger partial charge in [0.25, 0.3) is 5.91 Å². The van der Waals surface area contributed by atoms with Crippen LogP contribution >= 0.6 is 12.4 Å². The molecule has 0 bridgehead atoms. The van der Waals surface area contributed by atoms with Crippen molar-refractivity contribution in [1.29, 1.82) is 0 Å². The lowest BCUT2D eigenvalue weighted by atomic mass is 10.1. The van der Waals surface area contributed by atoms with E-state index in [9.17, 15) is 9.18 Å². The third-order valence-electron chi connectivity index (χ3n) is 3.00. The quantitative estimate of drug-likeness (QED) is 0.865. The van der Waals surface area contributed by atoms with Gasteiger partial charge in [0.05, 0.1) is 5.56 Å². The lowest BCUT2D eigenvalue weighted by molar-refractivity contribution is 0.0926. The van der Waals surface area contributed by atoms with Gasteiger partial charge in [0.15, 0.2) is 0 Å². The number of amides is 1. The van der Waals surface area contributed by atoms with Gasteiger partial charge in [0, 0.05) is 12.6 Å². The molecule has 0 aliphatic carbocycles. The highest BCUT2D eigenvalue weighted by Gasteiger charge is 2.18. The summed E-state index contributed by atoms with van der Waals surface area (Å²) in [5, 5.41) is 6.06. The Morgan fingerprint density at radius 1 is 1.50 bits per heavy atom. The summed E-state index contributed by atoms with van der Waals surface area (Å²) >= 11 is 0. The first-order chi connectivity index (χ1) is 8.16. The summed E-state index contributed by atoms with van der Waals surface area (Å²) in [6.07, 6.45) is 1.99. The molecule has 1 amide bonds. The third kappa shape index (κ3) is 3.68. The van der Waals surface area contributed by atoms with Gasteiger partial charge in [-0.25, -0.2) is 4.39 Å². The molecule has 0 radical (unpaired) electrons. The van der Waals surface area contributed by atoms with E-state index in [0.29, 0.717) is 0 Å². The van der Waals surface area contributed by atoms with Crippen LogP contribution in [0.25, 0.3) is 0 Å². The van der Waals surface area contributed by atoms with E-state index in [2.05, 4.69) is 10.6 Å². The number of carbonyl (C=O) groups is 1. The standard InChI is InChI=1S/C13H17FN2O.ClH/c1-9-4-5-11(12(14)7-9)13(17)16-10-3-2-6-15-8-10;/h4-5,7,10,15H,2-3,6,8H2,1H3,(H,16,17);1H/t10-;/m1./s1. The first-order valence-electron chi connectivity index (χ1n) is 5.94. The molecule has 0 saturated carbocycles. The van der Waals surface area contributed by atoms with Crippen molar-refractivity contribution in [2.75, 3.05) is 13.1 Å². The summed E-state index contributed by atoms with van der Waals surface area (Å²) in [4.78, 5) is 11.9. The number of hydrogen-bond acceptors (Lipinski definition) is 2. The monoisotopic (exact) mass is 272 g/mol. The molecule has 0 unspecified atom stereocenters. The van der Waals surface area contributed by atoms with Crippen LogP contribution in [0.5, 0.6) is 0 Å². The highest BCUT2D eigenvalue weighted by atomic mass is 35.5. The van der Waals surface area contributed by atoms with Gasteiger partial charge in [-0.2, -0.15) is 0 Å². The van der Waals surface area contributed by atoms with Gasteiger partial charge >= 0.3 is 0 Å². The molecule has 1 atom stereocenters. The Kier molecular flexibility index (Phi) is 5.56. The zero-order valence-electron chi connectivity index (χ0n) is 10.3. The summed E-state index contributed by atoms with van der Waals surface area (Å²) in [7, 11) is 0. The predicted molar refractivity (Wildman–Crippen MR) is 71.7 cm³/mol. The molecule has 1 aromatic carbocycles. The van der Waals surface area contributed by atoms with Gasteiger partial charge in [-0.05, 0) is 44.0 Å². The lowest BCUT2D eigenvalue weighted by Gasteiger charge is -2.23. The zero-order valence-corrected chi connectivity index (χ0v) is 11.1. The molecule has 2 rings (SSSR count). The van der Waals surface area contributed by atoms with Crippen LogP contribution < -0.4 is 10.6 Å². The van der Waals surface area contributed by atoms with Gasteiger partial charge in [-0.15, -0.1) is 12.4 Å². The van der Waals surface area contributed by atoms with E-state index in [-0.39, 0.29) is 29.9 Å². The fraction of sp³-hybridized carbons (Fsp3) is 0.462. The van der Waals surface area contributed by atoms with Crippen LogP contribution in [0.15, 0.2) is 18.2 Å². The van der Waals surface area contributed by atoms with Crippen LogP contribution in [0.2, 0.25) is 0 Å². The van der Waals surface area contributed by atoms with Crippen LogP contribution in [0.1, 0.15) is 28.8 Å². The van der Waals surface area contributed by atoms with Gasteiger partial charge in [-0.3, -0.25) is 4.79 Å². The fourth-order valence-electron chi connectivity index (χ4n) is 2.04. The average molecular weight is 273 g/mol. The number of halogens is 2. The van der Waals surface area contributed by atoms with Gasteiger partial charge in [0.2, 0.25) is 0 Å². The van der Waals surface area contributed by atoms with Gasteiger partial charge in [-0.1, -0.05) is 6.07 Å². The maximum absolute atomic E-state index is 13.6. The second kappa shape index (κ2) is 6.71. The van der Waals surface area contributed by atoms with Crippen molar-refractivity contribution in [2.45, 2.75) is 25.8 Å². The molecule has 3 nitrogen and oxygen atoms in total. The van der Waals surface area contributed by atoms with Crippen LogP contribution in [0.4, 0.5) is 4.39 Å². The SMILES string of the molecule is Cc1ccc(C(=O)N[C@@H]2CCCNC2)c(F)c1.Cl. The number of rotatable bonds is 2. The fourth-order valence-corrected chi connectivity index (χ4v) is 2.04. The first-order valence-corrected chi connectivity index (χ1v) is 5.94. The van der Waals surface area contributed by atoms with Crippen molar-refractivity contribution >= 4 is 18.3 Å². The second-order valence-corrected chi connectivity index (χ2v) is 4.50. The summed E-state index contributed by atoms with van der Waals surface area (Å²) in [5.41, 5.74) is 0.944. The highest BCUT2D eigenvalue weighted by molar-refractivity contribution is 5.94. The minimum Gasteiger partial charge on any atom is -0.348 e. The summed E-state index contributed by atoms with van der Waals surface area (Å²) < 4.78 is 13.6. The normalized spacial score (nSPS) is 18.9. The minimum atomic E-state index is -0.453. The average Bonchev–Trinajstić information content (AvgIpc) is 2.30. The Morgan fingerprint density at radius 3 is 2.89 bits per heavy atom. The number of aryl methyl sites for hydroxylation is 1. The number of benzene rings is 1. The summed E-state index contributed by atoms with van der Waals surface area (Å²) in [6, 6.07) is 4.78. The number of piperidine rings is 1. The van der Waals surface area contributed by atoms with Crippen molar-refractivity contribution in [1.82, 2.24) is 10.6 Å². The van der Waals surface area contributed by atoms with Crippen molar-refractivity contribution < 1.29 is 9.18 Å². The van der Waals surface area contributed by atoms with E-state index in [4.69, 9.17) is 0 Å². The Labute approximate surface area is 113 Å². The Bertz CT molecular complexity index is 419. The molecule has 18 heavy (non-hydrogen) atoms. The van der Waals surface area contributed by atoms with Crippen molar-refractivity contribution in [2.24, 2.45) is 0 Å². The topological polar surface area (TPSA) is 41.1 Å². The minimum absolute atomic E-state index is 0. The van der Waals surface area contributed by atoms with Gasteiger partial charge < -0.3 is 10.6 Å². The van der Waals surface area contributed by atoms with Crippen LogP contribution in [-0.4, -0.2) is 25.0 Å². The Balaban J connectivity index is 0.00000162. The number of nitrogens with one attached hydrogen (secondary N) is 2. The largest absolute Gasteiger partial charge is 0.348 e. The van der Waals surface area contributed by atoms with E-state index >= 15 is 0 Å².